The van der Waals surface area contributed by atoms with Gasteiger partial charge in [0.05, 0.1) is 0 Å². The first-order valence-corrected chi connectivity index (χ1v) is 6.76. The molecule has 0 radical (unpaired) electrons. The van der Waals surface area contributed by atoms with Crippen LogP contribution in [0.4, 0.5) is 18.3 Å². The Morgan fingerprint density at radius 2 is 1.90 bits per heavy atom. The predicted molar refractivity (Wildman–Crippen MR) is 73.5 cm³/mol. The van der Waals surface area contributed by atoms with Crippen LogP contribution in [-0.2, 0) is 6.18 Å². The summed E-state index contributed by atoms with van der Waals surface area (Å²) >= 11 is 0.501. The summed E-state index contributed by atoms with van der Waals surface area (Å²) in [5.41, 5.74) is 3.03. The lowest BCUT2D eigenvalue weighted by atomic mass is 10.00. The molecular formula is C13H12F3N3OS. The van der Waals surface area contributed by atoms with E-state index in [9.17, 15) is 18.0 Å². The minimum Gasteiger partial charge on any atom is -0.297 e. The second-order valence-electron chi connectivity index (χ2n) is 4.63. The molecule has 2 rings (SSSR count). The number of nitrogens with one attached hydrogen (secondary N) is 1. The normalized spacial score (nSPS) is 11.5. The molecule has 0 aliphatic rings. The second-order valence-corrected chi connectivity index (χ2v) is 5.38. The summed E-state index contributed by atoms with van der Waals surface area (Å²) in [6, 6.07) is 3.61. The number of aromatic nitrogens is 2. The maximum absolute atomic E-state index is 12.4. The third-order valence-electron chi connectivity index (χ3n) is 2.96. The number of nitrogens with zero attached hydrogens (tertiary/aromatic N) is 2. The van der Waals surface area contributed by atoms with E-state index in [0.29, 0.717) is 17.1 Å². The van der Waals surface area contributed by atoms with Gasteiger partial charge in [-0.1, -0.05) is 11.6 Å². The van der Waals surface area contributed by atoms with Crippen LogP contribution >= 0.6 is 11.5 Å². The SMILES string of the molecule is Cc1cc(C)c(C)c(C(=O)Nc2nc(C(F)(F)F)ns2)c1. The van der Waals surface area contributed by atoms with E-state index in [4.69, 9.17) is 0 Å². The van der Waals surface area contributed by atoms with Crippen molar-refractivity contribution in [2.24, 2.45) is 0 Å². The van der Waals surface area contributed by atoms with Crippen LogP contribution in [0.15, 0.2) is 12.1 Å². The fraction of sp³-hybridized carbons (Fsp3) is 0.308. The molecule has 8 heteroatoms. The quantitative estimate of drug-likeness (QED) is 0.918. The van der Waals surface area contributed by atoms with Crippen molar-refractivity contribution in [2.75, 3.05) is 5.32 Å². The van der Waals surface area contributed by atoms with Gasteiger partial charge in [-0.2, -0.15) is 22.5 Å². The summed E-state index contributed by atoms with van der Waals surface area (Å²) in [6.45, 7) is 5.49. The molecule has 0 aliphatic carbocycles. The third-order valence-corrected chi connectivity index (χ3v) is 3.59. The number of carbonyl (C=O) groups is 1. The fourth-order valence-electron chi connectivity index (χ4n) is 1.83. The van der Waals surface area contributed by atoms with Crippen molar-refractivity contribution in [3.05, 3.63) is 40.2 Å². The molecule has 0 saturated carbocycles. The highest BCUT2D eigenvalue weighted by atomic mass is 32.1. The predicted octanol–water partition coefficient (Wildman–Crippen LogP) is 3.73. The van der Waals surface area contributed by atoms with Crippen LogP contribution < -0.4 is 5.32 Å². The molecule has 112 valence electrons. The van der Waals surface area contributed by atoms with Gasteiger partial charge in [0.15, 0.2) is 0 Å². The first-order chi connectivity index (χ1) is 9.68. The van der Waals surface area contributed by atoms with Gasteiger partial charge >= 0.3 is 6.18 Å². The molecule has 2 aromatic rings. The first-order valence-electron chi connectivity index (χ1n) is 5.98. The zero-order chi connectivity index (χ0) is 15.8. The van der Waals surface area contributed by atoms with Gasteiger partial charge in [0.2, 0.25) is 11.0 Å². The largest absolute Gasteiger partial charge is 0.452 e. The Balaban J connectivity index is 2.25. The van der Waals surface area contributed by atoms with Crippen LogP contribution in [0.2, 0.25) is 0 Å². The van der Waals surface area contributed by atoms with Gasteiger partial charge in [-0.05, 0) is 38.0 Å². The Bertz CT molecular complexity index is 694. The number of amides is 1. The molecule has 0 bridgehead atoms. The average molecular weight is 315 g/mol. The Morgan fingerprint density at radius 1 is 1.24 bits per heavy atom. The van der Waals surface area contributed by atoms with Crippen molar-refractivity contribution >= 4 is 22.6 Å². The van der Waals surface area contributed by atoms with Gasteiger partial charge in [-0.3, -0.25) is 10.1 Å². The molecule has 0 aliphatic heterocycles. The Morgan fingerprint density at radius 3 is 2.48 bits per heavy atom. The lowest BCUT2D eigenvalue weighted by molar-refractivity contribution is -0.144. The topological polar surface area (TPSA) is 54.9 Å². The van der Waals surface area contributed by atoms with E-state index in [-0.39, 0.29) is 5.13 Å². The number of aryl methyl sites for hydroxylation is 2. The number of alkyl halides is 3. The molecule has 0 unspecified atom stereocenters. The smallest absolute Gasteiger partial charge is 0.297 e. The number of carbonyl (C=O) groups excluding carboxylic acids is 1. The summed E-state index contributed by atoms with van der Waals surface area (Å²) in [7, 11) is 0. The fourth-order valence-corrected chi connectivity index (χ4v) is 2.41. The van der Waals surface area contributed by atoms with E-state index in [1.807, 2.05) is 19.9 Å². The summed E-state index contributed by atoms with van der Waals surface area (Å²) < 4.78 is 40.4. The molecule has 1 aromatic heterocycles. The maximum atomic E-state index is 12.4. The third kappa shape index (κ3) is 3.38. The lowest BCUT2D eigenvalue weighted by Crippen LogP contribution is -2.15. The Hall–Kier alpha value is -1.96. The summed E-state index contributed by atoms with van der Waals surface area (Å²) in [4.78, 5) is 15.4. The number of anilines is 1. The van der Waals surface area contributed by atoms with Crippen molar-refractivity contribution in [3.63, 3.8) is 0 Å². The molecule has 4 nitrogen and oxygen atoms in total. The van der Waals surface area contributed by atoms with Crippen molar-refractivity contribution in [2.45, 2.75) is 26.9 Å². The van der Waals surface area contributed by atoms with Crippen LogP contribution in [0.1, 0.15) is 32.9 Å². The average Bonchev–Trinajstić information content (AvgIpc) is 2.82. The van der Waals surface area contributed by atoms with Crippen LogP contribution in [0.5, 0.6) is 0 Å². The van der Waals surface area contributed by atoms with Gasteiger partial charge in [0.1, 0.15) is 0 Å². The number of halogens is 3. The highest BCUT2D eigenvalue weighted by Crippen LogP contribution is 2.29. The second kappa shape index (κ2) is 5.44. The number of hydrogen-bond donors (Lipinski definition) is 1. The zero-order valence-electron chi connectivity index (χ0n) is 11.5. The molecule has 0 fully saturated rings. The molecule has 0 spiro atoms. The minimum absolute atomic E-state index is 0.175. The van der Waals surface area contributed by atoms with E-state index in [0.717, 1.165) is 16.7 Å². The van der Waals surface area contributed by atoms with Crippen LogP contribution in [-0.4, -0.2) is 15.3 Å². The lowest BCUT2D eigenvalue weighted by Gasteiger charge is -2.09. The molecule has 1 aromatic carbocycles. The summed E-state index contributed by atoms with van der Waals surface area (Å²) in [5, 5.41) is 2.18. The van der Waals surface area contributed by atoms with Gasteiger partial charge in [0, 0.05) is 17.1 Å². The van der Waals surface area contributed by atoms with Crippen molar-refractivity contribution in [1.29, 1.82) is 0 Å². The highest BCUT2D eigenvalue weighted by Gasteiger charge is 2.36. The maximum Gasteiger partial charge on any atom is 0.452 e. The van der Waals surface area contributed by atoms with Crippen LogP contribution in [0.25, 0.3) is 0 Å². The van der Waals surface area contributed by atoms with E-state index in [1.54, 1.807) is 13.0 Å². The Kier molecular flexibility index (Phi) is 3.99. The van der Waals surface area contributed by atoms with Crippen molar-refractivity contribution in [3.8, 4) is 0 Å². The van der Waals surface area contributed by atoms with E-state index in [2.05, 4.69) is 14.7 Å². The van der Waals surface area contributed by atoms with Crippen LogP contribution in [0.3, 0.4) is 0 Å². The van der Waals surface area contributed by atoms with E-state index < -0.39 is 17.9 Å². The van der Waals surface area contributed by atoms with E-state index >= 15 is 0 Å². The molecule has 0 atom stereocenters. The van der Waals surface area contributed by atoms with Crippen molar-refractivity contribution in [1.82, 2.24) is 9.36 Å². The zero-order valence-corrected chi connectivity index (χ0v) is 12.3. The summed E-state index contributed by atoms with van der Waals surface area (Å²) in [5.74, 6) is -1.75. The van der Waals surface area contributed by atoms with Gasteiger partial charge in [-0.25, -0.2) is 0 Å². The monoisotopic (exact) mass is 315 g/mol. The van der Waals surface area contributed by atoms with Gasteiger partial charge in [0.25, 0.3) is 5.91 Å². The molecule has 0 saturated heterocycles. The van der Waals surface area contributed by atoms with Crippen LogP contribution in [0, 0.1) is 20.8 Å². The molecular weight excluding hydrogens is 303 g/mol. The number of hydrogen-bond acceptors (Lipinski definition) is 4. The van der Waals surface area contributed by atoms with Gasteiger partial charge in [-0.15, -0.1) is 0 Å². The standard InChI is InChI=1S/C13H12F3N3OS/c1-6-4-7(2)8(3)9(5-6)10(20)17-12-18-11(19-21-12)13(14,15)16/h4-5H,1-3H3,(H,17,18,19,20). The first kappa shape index (κ1) is 15.4. The molecule has 1 N–H and O–H groups in total. The summed E-state index contributed by atoms with van der Waals surface area (Å²) in [6.07, 6.45) is -4.62. The van der Waals surface area contributed by atoms with Gasteiger partial charge < -0.3 is 0 Å². The molecule has 1 amide bonds. The molecule has 1 heterocycles. The minimum atomic E-state index is -4.62. The Labute approximate surface area is 123 Å². The number of benzene rings is 1. The van der Waals surface area contributed by atoms with E-state index in [1.165, 1.54) is 0 Å². The molecule has 21 heavy (non-hydrogen) atoms. The number of rotatable bonds is 2. The highest BCUT2D eigenvalue weighted by molar-refractivity contribution is 7.09. The van der Waals surface area contributed by atoms with Crippen molar-refractivity contribution < 1.29 is 18.0 Å².